The fourth-order valence-electron chi connectivity index (χ4n) is 2.98. The summed E-state index contributed by atoms with van der Waals surface area (Å²) in [6.45, 7) is 5.84. The van der Waals surface area contributed by atoms with Gasteiger partial charge in [-0.2, -0.15) is 0 Å². The van der Waals surface area contributed by atoms with Crippen LogP contribution in [-0.4, -0.2) is 64.8 Å². The first-order valence-electron chi connectivity index (χ1n) is 9.25. The van der Waals surface area contributed by atoms with Gasteiger partial charge >= 0.3 is 0 Å². The Bertz CT molecular complexity index is 646. The molecule has 0 amide bonds. The lowest BCUT2D eigenvalue weighted by molar-refractivity contribution is 0.249. The van der Waals surface area contributed by atoms with Gasteiger partial charge in [0.25, 0.3) is 0 Å². The zero-order valence-corrected chi connectivity index (χ0v) is 20.1. The molecule has 2 heterocycles. The standard InChI is InChI=1S/C17H31N5O2S2.HI/c1-3-26(23,24)21-10-7-9-19-17(18-2)20-14-15(16-8-6-13-25-16)22-11-4-5-12-22;/h6,8,13,15,21H,3-5,7,9-12,14H2,1-2H3,(H2,18,19,20);1H. The molecule has 1 unspecified atom stereocenters. The van der Waals surface area contributed by atoms with Crippen LogP contribution in [0.1, 0.15) is 37.1 Å². The molecule has 1 aromatic heterocycles. The number of nitrogens with one attached hydrogen (secondary N) is 3. The number of sulfonamides is 1. The second kappa shape index (κ2) is 12.9. The van der Waals surface area contributed by atoms with Crippen molar-refractivity contribution < 1.29 is 8.42 Å². The van der Waals surface area contributed by atoms with E-state index >= 15 is 0 Å². The third kappa shape index (κ3) is 8.63. The van der Waals surface area contributed by atoms with Crippen LogP contribution in [0.25, 0.3) is 0 Å². The summed E-state index contributed by atoms with van der Waals surface area (Å²) in [7, 11) is -1.35. The van der Waals surface area contributed by atoms with Gasteiger partial charge in [-0.1, -0.05) is 6.07 Å². The molecule has 1 aliphatic rings. The maximum atomic E-state index is 11.4. The third-order valence-corrected chi connectivity index (χ3v) is 6.87. The fraction of sp³-hybridized carbons (Fsp3) is 0.706. The highest BCUT2D eigenvalue weighted by Gasteiger charge is 2.24. The van der Waals surface area contributed by atoms with Crippen LogP contribution in [0.2, 0.25) is 0 Å². The van der Waals surface area contributed by atoms with Crippen molar-refractivity contribution in [2.75, 3.05) is 45.5 Å². The van der Waals surface area contributed by atoms with Crippen LogP contribution in [0.3, 0.4) is 0 Å². The molecule has 156 valence electrons. The smallest absolute Gasteiger partial charge is 0.211 e. The molecule has 0 spiro atoms. The van der Waals surface area contributed by atoms with Gasteiger partial charge in [0.15, 0.2) is 5.96 Å². The molecule has 1 aliphatic heterocycles. The molecule has 2 rings (SSSR count). The van der Waals surface area contributed by atoms with E-state index in [1.165, 1.54) is 17.7 Å². The van der Waals surface area contributed by atoms with E-state index in [2.05, 4.69) is 42.8 Å². The minimum Gasteiger partial charge on any atom is -0.356 e. The minimum atomic E-state index is -3.11. The Kier molecular flexibility index (Phi) is 11.8. The molecule has 0 aromatic carbocycles. The fourth-order valence-corrected chi connectivity index (χ4v) is 4.50. The number of nitrogens with zero attached hydrogens (tertiary/aromatic N) is 2. The number of likely N-dealkylation sites (tertiary alicyclic amines) is 1. The molecular formula is C17H32IN5O2S2. The second-order valence-corrected chi connectivity index (χ2v) is 9.38. The summed E-state index contributed by atoms with van der Waals surface area (Å²) in [6.07, 6.45) is 3.24. The Labute approximate surface area is 184 Å². The van der Waals surface area contributed by atoms with E-state index < -0.39 is 10.0 Å². The van der Waals surface area contributed by atoms with Gasteiger partial charge in [-0.3, -0.25) is 9.89 Å². The van der Waals surface area contributed by atoms with Crippen LogP contribution in [0.15, 0.2) is 22.5 Å². The summed E-state index contributed by atoms with van der Waals surface area (Å²) < 4.78 is 25.4. The van der Waals surface area contributed by atoms with Gasteiger partial charge in [-0.05, 0) is 50.7 Å². The number of thiophene rings is 1. The summed E-state index contributed by atoms with van der Waals surface area (Å²) >= 11 is 1.80. The Morgan fingerprint density at radius 1 is 1.30 bits per heavy atom. The van der Waals surface area contributed by atoms with E-state index in [0.717, 1.165) is 25.6 Å². The van der Waals surface area contributed by atoms with Crippen LogP contribution in [0.5, 0.6) is 0 Å². The van der Waals surface area contributed by atoms with Crippen molar-refractivity contribution in [3.8, 4) is 0 Å². The highest BCUT2D eigenvalue weighted by Crippen LogP contribution is 2.27. The molecule has 0 radical (unpaired) electrons. The zero-order valence-electron chi connectivity index (χ0n) is 16.1. The van der Waals surface area contributed by atoms with Crippen molar-refractivity contribution in [1.29, 1.82) is 0 Å². The van der Waals surface area contributed by atoms with Crippen molar-refractivity contribution in [1.82, 2.24) is 20.3 Å². The first-order valence-corrected chi connectivity index (χ1v) is 11.8. The van der Waals surface area contributed by atoms with Crippen LogP contribution >= 0.6 is 35.3 Å². The minimum absolute atomic E-state index is 0. The highest BCUT2D eigenvalue weighted by atomic mass is 127. The third-order valence-electron chi connectivity index (χ3n) is 4.49. The van der Waals surface area contributed by atoms with Gasteiger partial charge < -0.3 is 10.6 Å². The van der Waals surface area contributed by atoms with E-state index in [9.17, 15) is 8.42 Å². The van der Waals surface area contributed by atoms with Gasteiger partial charge in [0.05, 0.1) is 11.8 Å². The van der Waals surface area contributed by atoms with Crippen LogP contribution < -0.4 is 15.4 Å². The van der Waals surface area contributed by atoms with Crippen LogP contribution in [-0.2, 0) is 10.0 Å². The monoisotopic (exact) mass is 529 g/mol. The SMILES string of the molecule is CCS(=O)(=O)NCCCNC(=NC)NCC(c1cccs1)N1CCCC1.I. The quantitative estimate of drug-likeness (QED) is 0.187. The highest BCUT2D eigenvalue weighted by molar-refractivity contribution is 14.0. The predicted octanol–water partition coefficient (Wildman–Crippen LogP) is 2.00. The lowest BCUT2D eigenvalue weighted by atomic mass is 10.2. The molecule has 1 aromatic rings. The van der Waals surface area contributed by atoms with E-state index in [-0.39, 0.29) is 29.7 Å². The summed E-state index contributed by atoms with van der Waals surface area (Å²) in [4.78, 5) is 8.18. The summed E-state index contributed by atoms with van der Waals surface area (Å²) in [5.41, 5.74) is 0. The lowest BCUT2D eigenvalue weighted by Crippen LogP contribution is -2.43. The topological polar surface area (TPSA) is 85.8 Å². The van der Waals surface area contributed by atoms with Gasteiger partial charge in [-0.15, -0.1) is 35.3 Å². The Balaban J connectivity index is 0.00000364. The van der Waals surface area contributed by atoms with E-state index in [1.54, 1.807) is 25.3 Å². The molecule has 1 saturated heterocycles. The number of guanidine groups is 1. The molecule has 27 heavy (non-hydrogen) atoms. The normalized spacial score (nSPS) is 16.7. The summed E-state index contributed by atoms with van der Waals surface area (Å²) in [5.74, 6) is 0.869. The average Bonchev–Trinajstić information content (AvgIpc) is 3.34. The van der Waals surface area contributed by atoms with Crippen molar-refractivity contribution >= 4 is 51.3 Å². The second-order valence-electron chi connectivity index (χ2n) is 6.31. The maximum Gasteiger partial charge on any atom is 0.211 e. The molecule has 1 fully saturated rings. The molecule has 0 aliphatic carbocycles. The molecule has 7 nitrogen and oxygen atoms in total. The molecule has 3 N–H and O–H groups in total. The number of rotatable bonds is 10. The molecular weight excluding hydrogens is 497 g/mol. The summed E-state index contributed by atoms with van der Waals surface area (Å²) in [5, 5.41) is 8.80. The van der Waals surface area contributed by atoms with Gasteiger partial charge in [0, 0.05) is 31.6 Å². The molecule has 0 bridgehead atoms. The number of halogens is 1. The van der Waals surface area contributed by atoms with E-state index in [0.29, 0.717) is 25.6 Å². The Hall–Kier alpha value is -0.430. The van der Waals surface area contributed by atoms with Gasteiger partial charge in [0.2, 0.25) is 10.0 Å². The molecule has 1 atom stereocenters. The van der Waals surface area contributed by atoms with E-state index in [4.69, 9.17) is 0 Å². The molecule has 0 saturated carbocycles. The largest absolute Gasteiger partial charge is 0.356 e. The van der Waals surface area contributed by atoms with Crippen molar-refractivity contribution in [2.45, 2.75) is 32.2 Å². The first-order chi connectivity index (χ1) is 12.6. The number of hydrogen-bond acceptors (Lipinski definition) is 5. The summed E-state index contributed by atoms with van der Waals surface area (Å²) in [6, 6.07) is 4.67. The molecule has 10 heteroatoms. The van der Waals surface area contributed by atoms with Crippen LogP contribution in [0, 0.1) is 0 Å². The Morgan fingerprint density at radius 3 is 2.63 bits per heavy atom. The van der Waals surface area contributed by atoms with Crippen molar-refractivity contribution in [3.05, 3.63) is 22.4 Å². The van der Waals surface area contributed by atoms with Crippen molar-refractivity contribution in [2.24, 2.45) is 4.99 Å². The lowest BCUT2D eigenvalue weighted by Gasteiger charge is -2.27. The maximum absolute atomic E-state index is 11.4. The zero-order chi connectivity index (χ0) is 18.8. The number of hydrogen-bond donors (Lipinski definition) is 3. The van der Waals surface area contributed by atoms with E-state index in [1.807, 2.05) is 0 Å². The van der Waals surface area contributed by atoms with Crippen LogP contribution in [0.4, 0.5) is 0 Å². The number of aliphatic imine (C=N–C) groups is 1. The van der Waals surface area contributed by atoms with Gasteiger partial charge in [0.1, 0.15) is 0 Å². The average molecular weight is 530 g/mol. The first kappa shape index (κ1) is 24.6. The van der Waals surface area contributed by atoms with Crippen molar-refractivity contribution in [3.63, 3.8) is 0 Å². The van der Waals surface area contributed by atoms with Gasteiger partial charge in [-0.25, -0.2) is 13.1 Å². The Morgan fingerprint density at radius 2 is 2.04 bits per heavy atom. The predicted molar refractivity (Wildman–Crippen MR) is 125 cm³/mol.